The van der Waals surface area contributed by atoms with E-state index in [-0.39, 0.29) is 48.6 Å². The van der Waals surface area contributed by atoms with E-state index in [1.165, 1.54) is 6.07 Å². The Morgan fingerprint density at radius 3 is 2.38 bits per heavy atom. The zero-order chi connectivity index (χ0) is 20.2. The van der Waals surface area contributed by atoms with Crippen LogP contribution >= 0.6 is 24.0 Å². The van der Waals surface area contributed by atoms with Crippen LogP contribution in [-0.4, -0.2) is 32.1 Å². The van der Waals surface area contributed by atoms with Gasteiger partial charge in [0.2, 0.25) is 5.91 Å². The lowest BCUT2D eigenvalue weighted by Gasteiger charge is -2.14. The molecule has 0 saturated heterocycles. The Morgan fingerprint density at radius 2 is 1.69 bits per heavy atom. The van der Waals surface area contributed by atoms with Crippen LogP contribution in [0.1, 0.15) is 17.5 Å². The van der Waals surface area contributed by atoms with Crippen LogP contribution in [0.25, 0.3) is 0 Å². The van der Waals surface area contributed by atoms with Gasteiger partial charge >= 0.3 is 6.61 Å². The van der Waals surface area contributed by atoms with Crippen molar-refractivity contribution in [3.8, 4) is 5.75 Å². The largest absolute Gasteiger partial charge is 0.434 e. The Morgan fingerprint density at radius 1 is 1.00 bits per heavy atom. The molecule has 9 heteroatoms. The van der Waals surface area contributed by atoms with E-state index in [2.05, 4.69) is 25.7 Å². The average molecular weight is 518 g/mol. The lowest BCUT2D eigenvalue weighted by atomic mass is 10.2. The highest BCUT2D eigenvalue weighted by Gasteiger charge is 2.09. The Kier molecular flexibility index (Phi) is 11.6. The molecule has 0 unspecified atom stereocenters. The quantitative estimate of drug-likeness (QED) is 0.271. The number of amides is 1. The molecule has 1 amide bonds. The molecule has 3 N–H and O–H groups in total. The summed E-state index contributed by atoms with van der Waals surface area (Å²) in [6.07, 6.45) is 0.276. The summed E-state index contributed by atoms with van der Waals surface area (Å²) in [7, 11) is 1.59. The molecule has 6 nitrogen and oxygen atoms in total. The van der Waals surface area contributed by atoms with Crippen molar-refractivity contribution in [2.24, 2.45) is 4.99 Å². The van der Waals surface area contributed by atoms with Crippen molar-refractivity contribution in [1.29, 1.82) is 0 Å². The molecule has 0 heterocycles. The lowest BCUT2D eigenvalue weighted by molar-refractivity contribution is -0.121. The predicted octanol–water partition coefficient (Wildman–Crippen LogP) is 3.28. The normalized spacial score (nSPS) is 10.8. The molecule has 0 aliphatic rings. The molecule has 0 aromatic heterocycles. The monoisotopic (exact) mass is 518 g/mol. The molecule has 158 valence electrons. The zero-order valence-electron chi connectivity index (χ0n) is 16.0. The number of aliphatic imine (C=N–C) groups is 1. The van der Waals surface area contributed by atoms with Crippen molar-refractivity contribution in [1.82, 2.24) is 16.0 Å². The van der Waals surface area contributed by atoms with Gasteiger partial charge in [0.25, 0.3) is 0 Å². The third-order valence-electron chi connectivity index (χ3n) is 3.84. The Bertz CT molecular complexity index is 776. The average Bonchev–Trinajstić information content (AvgIpc) is 2.70. The number of guanidine groups is 1. The number of rotatable bonds is 9. The molecule has 2 aromatic rings. The van der Waals surface area contributed by atoms with Crippen LogP contribution in [0.4, 0.5) is 8.78 Å². The zero-order valence-corrected chi connectivity index (χ0v) is 18.4. The highest BCUT2D eigenvalue weighted by molar-refractivity contribution is 14.0. The maximum atomic E-state index is 12.5. The molecule has 0 aliphatic carbocycles. The highest BCUT2D eigenvalue weighted by atomic mass is 127. The number of carbonyl (C=O) groups is 1. The second-order valence-corrected chi connectivity index (χ2v) is 5.85. The molecular weight excluding hydrogens is 493 g/mol. The molecule has 29 heavy (non-hydrogen) atoms. The van der Waals surface area contributed by atoms with Gasteiger partial charge in [0.05, 0.1) is 0 Å². The van der Waals surface area contributed by atoms with E-state index in [1.807, 2.05) is 30.3 Å². The van der Waals surface area contributed by atoms with E-state index >= 15 is 0 Å². The fraction of sp³-hybridized carbons (Fsp3) is 0.300. The fourth-order valence-electron chi connectivity index (χ4n) is 2.44. The summed E-state index contributed by atoms with van der Waals surface area (Å²) in [5, 5.41) is 8.88. The van der Waals surface area contributed by atoms with Gasteiger partial charge in [-0.3, -0.25) is 9.79 Å². The molecule has 0 radical (unpaired) electrons. The van der Waals surface area contributed by atoms with Crippen molar-refractivity contribution in [3.63, 3.8) is 0 Å². The molecule has 0 aliphatic heterocycles. The van der Waals surface area contributed by atoms with Gasteiger partial charge in [-0.1, -0.05) is 48.5 Å². The molecule has 0 atom stereocenters. The summed E-state index contributed by atoms with van der Waals surface area (Å²) in [6.45, 7) is -1.76. The minimum absolute atomic E-state index is 0. The number of carbonyl (C=O) groups excluding carboxylic acids is 1. The van der Waals surface area contributed by atoms with Gasteiger partial charge in [-0.25, -0.2) is 0 Å². The molecule has 0 spiro atoms. The molecule has 0 fully saturated rings. The van der Waals surface area contributed by atoms with E-state index < -0.39 is 6.61 Å². The van der Waals surface area contributed by atoms with Crippen LogP contribution in [-0.2, 0) is 17.9 Å². The topological polar surface area (TPSA) is 74.8 Å². The third-order valence-corrected chi connectivity index (χ3v) is 3.84. The summed E-state index contributed by atoms with van der Waals surface area (Å²) >= 11 is 0. The van der Waals surface area contributed by atoms with E-state index in [1.54, 1.807) is 25.2 Å². The minimum atomic E-state index is -2.88. The van der Waals surface area contributed by atoms with Gasteiger partial charge in [-0.05, 0) is 11.6 Å². The lowest BCUT2D eigenvalue weighted by Crippen LogP contribution is -2.39. The van der Waals surface area contributed by atoms with Gasteiger partial charge < -0.3 is 20.7 Å². The third kappa shape index (κ3) is 9.55. The van der Waals surface area contributed by atoms with Crippen molar-refractivity contribution < 1.29 is 18.3 Å². The van der Waals surface area contributed by atoms with Crippen LogP contribution in [0.2, 0.25) is 0 Å². The molecule has 2 rings (SSSR count). The number of halogens is 3. The van der Waals surface area contributed by atoms with Gasteiger partial charge in [-0.15, -0.1) is 24.0 Å². The Balaban J connectivity index is 0.00000420. The second kappa shape index (κ2) is 13.7. The van der Waals surface area contributed by atoms with E-state index in [9.17, 15) is 13.6 Å². The Labute approximate surface area is 186 Å². The van der Waals surface area contributed by atoms with Crippen molar-refractivity contribution in [3.05, 3.63) is 65.7 Å². The number of hydrogen-bond donors (Lipinski definition) is 3. The van der Waals surface area contributed by atoms with Gasteiger partial charge in [0, 0.05) is 38.7 Å². The summed E-state index contributed by atoms with van der Waals surface area (Å²) < 4.78 is 29.4. The molecule has 2 aromatic carbocycles. The number of nitrogens with one attached hydrogen (secondary N) is 3. The van der Waals surface area contributed by atoms with Crippen molar-refractivity contribution in [2.45, 2.75) is 26.1 Å². The van der Waals surface area contributed by atoms with Crippen LogP contribution in [0.15, 0.2) is 59.6 Å². The van der Waals surface area contributed by atoms with E-state index in [4.69, 9.17) is 0 Å². The molecular formula is C20H25F2IN4O2. The van der Waals surface area contributed by atoms with Crippen LogP contribution in [0.5, 0.6) is 5.75 Å². The number of ether oxygens (including phenoxy) is 1. The summed E-state index contributed by atoms with van der Waals surface area (Å²) in [6, 6.07) is 16.2. The number of alkyl halides is 2. The number of hydrogen-bond acceptors (Lipinski definition) is 3. The Hall–Kier alpha value is -2.43. The maximum absolute atomic E-state index is 12.5. The summed E-state index contributed by atoms with van der Waals surface area (Å²) in [5.74, 6) is 0.492. The van der Waals surface area contributed by atoms with E-state index in [0.29, 0.717) is 24.6 Å². The first-order valence-electron chi connectivity index (χ1n) is 8.86. The van der Waals surface area contributed by atoms with Gasteiger partial charge in [0.15, 0.2) is 5.96 Å². The van der Waals surface area contributed by atoms with Crippen molar-refractivity contribution in [2.75, 3.05) is 13.6 Å². The van der Waals surface area contributed by atoms with Crippen LogP contribution < -0.4 is 20.7 Å². The standard InChI is InChI=1S/C20H24F2N4O2.HI/c1-23-20(26-14-16-9-5-6-10-17(16)28-19(21)22)24-12-11-18(27)25-13-15-7-3-2-4-8-15;/h2-10,19H,11-14H2,1H3,(H,25,27)(H2,23,24,26);1H. The first kappa shape index (κ1) is 24.6. The van der Waals surface area contributed by atoms with Crippen LogP contribution in [0.3, 0.4) is 0 Å². The summed E-state index contributed by atoms with van der Waals surface area (Å²) in [5.41, 5.74) is 1.61. The van der Waals surface area contributed by atoms with E-state index in [0.717, 1.165) is 5.56 Å². The van der Waals surface area contributed by atoms with Crippen molar-refractivity contribution >= 4 is 35.8 Å². The summed E-state index contributed by atoms with van der Waals surface area (Å²) in [4.78, 5) is 16.0. The number of benzene rings is 2. The first-order valence-corrected chi connectivity index (χ1v) is 8.86. The predicted molar refractivity (Wildman–Crippen MR) is 120 cm³/mol. The highest BCUT2D eigenvalue weighted by Crippen LogP contribution is 2.19. The maximum Gasteiger partial charge on any atom is 0.387 e. The minimum Gasteiger partial charge on any atom is -0.434 e. The number of nitrogens with zero attached hydrogens (tertiary/aromatic N) is 1. The van der Waals surface area contributed by atoms with Crippen LogP contribution in [0, 0.1) is 0 Å². The first-order chi connectivity index (χ1) is 13.6. The number of para-hydroxylation sites is 1. The second-order valence-electron chi connectivity index (χ2n) is 5.85. The molecule has 0 saturated carbocycles. The fourth-order valence-corrected chi connectivity index (χ4v) is 2.44. The molecule has 0 bridgehead atoms. The SMILES string of the molecule is CN=C(NCCC(=O)NCc1ccccc1)NCc1ccccc1OC(F)F.I. The van der Waals surface area contributed by atoms with Gasteiger partial charge in [0.1, 0.15) is 5.75 Å². The van der Waals surface area contributed by atoms with Gasteiger partial charge in [-0.2, -0.15) is 8.78 Å². The smallest absolute Gasteiger partial charge is 0.387 e.